The number of hydrogen-bond donors (Lipinski definition) is 2. The molecule has 2 aliphatic rings. The zero-order valence-electron chi connectivity index (χ0n) is 16.9. The van der Waals surface area contributed by atoms with Gasteiger partial charge in [0.05, 0.1) is 17.0 Å². The maximum Gasteiger partial charge on any atom is 0.315 e. The predicted octanol–water partition coefficient (Wildman–Crippen LogP) is 3.06. The van der Waals surface area contributed by atoms with Crippen molar-refractivity contribution in [3.05, 3.63) is 33.9 Å². The van der Waals surface area contributed by atoms with E-state index < -0.39 is 16.6 Å². The number of Topliss-reactive ketones (excluding diaryl/α,β-unsaturated/α-hetero) is 1. The average Bonchev–Trinajstić information content (AvgIpc) is 3.24. The van der Waals surface area contributed by atoms with Crippen LogP contribution in [0.3, 0.4) is 0 Å². The Balaban J connectivity index is 1.49. The molecular weight excluding hydrogens is 410 g/mol. The van der Waals surface area contributed by atoms with Gasteiger partial charge in [-0.1, -0.05) is 20.3 Å². The van der Waals surface area contributed by atoms with E-state index in [1.165, 1.54) is 12.1 Å². The number of ether oxygens (including phenoxy) is 1. The molecule has 0 aliphatic carbocycles. The molecule has 0 bridgehead atoms. The smallest absolute Gasteiger partial charge is 0.315 e. The highest BCUT2D eigenvalue weighted by atomic mass is 32.2. The van der Waals surface area contributed by atoms with Crippen LogP contribution in [0.15, 0.2) is 18.2 Å². The van der Waals surface area contributed by atoms with Crippen LogP contribution in [0.1, 0.15) is 49.9 Å². The lowest BCUT2D eigenvalue weighted by atomic mass is 10.0. The molecule has 0 aromatic heterocycles. The van der Waals surface area contributed by atoms with E-state index in [9.17, 15) is 24.5 Å². The Morgan fingerprint density at radius 1 is 1.30 bits per heavy atom. The van der Waals surface area contributed by atoms with E-state index in [2.05, 4.69) is 10.6 Å². The molecule has 2 amide bonds. The number of nitro benzene ring substituents is 1. The Kier molecular flexibility index (Phi) is 6.96. The van der Waals surface area contributed by atoms with E-state index in [0.717, 1.165) is 24.7 Å². The Bertz CT molecular complexity index is 859. The minimum Gasteiger partial charge on any atom is -0.419 e. The van der Waals surface area contributed by atoms with Crippen molar-refractivity contribution in [2.24, 2.45) is 5.92 Å². The van der Waals surface area contributed by atoms with Gasteiger partial charge in [0.15, 0.2) is 5.78 Å². The highest BCUT2D eigenvalue weighted by molar-refractivity contribution is 8.00. The Labute approximate surface area is 178 Å². The summed E-state index contributed by atoms with van der Waals surface area (Å²) in [5, 5.41) is 17.5. The molecule has 1 aromatic rings. The van der Waals surface area contributed by atoms with Gasteiger partial charge >= 0.3 is 17.7 Å². The third kappa shape index (κ3) is 5.10. The number of nitrogens with zero attached hydrogens (tertiary/aromatic N) is 1. The SMILES string of the molecule is CC(C)C(=O)c1ccc(OC(=O)CCCC[C@@H]2SC[C@@H]3NC(=O)N[C@@H]32)c([N+](=O)[O-])c1. The van der Waals surface area contributed by atoms with Crippen molar-refractivity contribution >= 4 is 35.2 Å². The summed E-state index contributed by atoms with van der Waals surface area (Å²) in [4.78, 5) is 46.3. The normalized spacial score (nSPS) is 22.4. The van der Waals surface area contributed by atoms with Crippen LogP contribution in [0, 0.1) is 16.0 Å². The number of esters is 1. The Morgan fingerprint density at radius 3 is 2.77 bits per heavy atom. The molecule has 2 fully saturated rings. The number of unbranched alkanes of at least 4 members (excludes halogenated alkanes) is 1. The summed E-state index contributed by atoms with van der Waals surface area (Å²) in [5.74, 6) is -0.320. The molecule has 2 aliphatic heterocycles. The number of nitrogens with one attached hydrogen (secondary N) is 2. The molecule has 0 unspecified atom stereocenters. The number of ketones is 1. The zero-order valence-corrected chi connectivity index (χ0v) is 17.7. The van der Waals surface area contributed by atoms with Crippen molar-refractivity contribution < 1.29 is 24.0 Å². The summed E-state index contributed by atoms with van der Waals surface area (Å²) in [6.07, 6.45) is 2.38. The van der Waals surface area contributed by atoms with Gasteiger partial charge in [-0.2, -0.15) is 11.8 Å². The second-order valence-corrected chi connectivity index (χ2v) is 9.07. The summed E-state index contributed by atoms with van der Waals surface area (Å²) < 4.78 is 5.19. The molecule has 0 saturated carbocycles. The molecule has 9 nitrogen and oxygen atoms in total. The summed E-state index contributed by atoms with van der Waals surface area (Å²) in [7, 11) is 0. The number of amides is 2. The summed E-state index contributed by atoms with van der Waals surface area (Å²) >= 11 is 1.81. The largest absolute Gasteiger partial charge is 0.419 e. The van der Waals surface area contributed by atoms with Gasteiger partial charge in [0, 0.05) is 35.0 Å². The molecule has 2 N–H and O–H groups in total. The first kappa shape index (κ1) is 22.1. The van der Waals surface area contributed by atoms with E-state index in [-0.39, 0.29) is 47.5 Å². The average molecular weight is 436 g/mol. The third-order valence-electron chi connectivity index (χ3n) is 5.25. The summed E-state index contributed by atoms with van der Waals surface area (Å²) in [6, 6.07) is 4.07. The van der Waals surface area contributed by atoms with Gasteiger partial charge in [-0.3, -0.25) is 19.7 Å². The maximum atomic E-state index is 12.2. The highest BCUT2D eigenvalue weighted by Crippen LogP contribution is 2.33. The first-order valence-electron chi connectivity index (χ1n) is 9.98. The predicted molar refractivity (Wildman–Crippen MR) is 112 cm³/mol. The molecule has 10 heteroatoms. The second kappa shape index (κ2) is 9.46. The molecule has 2 saturated heterocycles. The van der Waals surface area contributed by atoms with Crippen LogP contribution in [-0.4, -0.2) is 45.8 Å². The lowest BCUT2D eigenvalue weighted by Crippen LogP contribution is -2.36. The lowest BCUT2D eigenvalue weighted by Gasteiger charge is -2.16. The Hall–Kier alpha value is -2.62. The summed E-state index contributed by atoms with van der Waals surface area (Å²) in [6.45, 7) is 3.42. The van der Waals surface area contributed by atoms with Gasteiger partial charge < -0.3 is 15.4 Å². The van der Waals surface area contributed by atoms with Crippen molar-refractivity contribution in [1.82, 2.24) is 10.6 Å². The third-order valence-corrected chi connectivity index (χ3v) is 6.75. The minimum absolute atomic E-state index is 0.124. The quantitative estimate of drug-likeness (QED) is 0.116. The number of rotatable bonds is 9. The van der Waals surface area contributed by atoms with Crippen LogP contribution in [0.2, 0.25) is 0 Å². The van der Waals surface area contributed by atoms with Gasteiger partial charge in [0.1, 0.15) is 0 Å². The van der Waals surface area contributed by atoms with Crippen molar-refractivity contribution in [2.45, 2.75) is 56.9 Å². The van der Waals surface area contributed by atoms with E-state index >= 15 is 0 Å². The standard InChI is InChI=1S/C20H25N3O6S/c1-11(2)19(25)12-7-8-15(14(9-12)23(27)28)29-17(24)6-4-3-5-16-18-13(10-30-16)21-20(26)22-18/h7-9,11,13,16,18H,3-6,10H2,1-2H3,(H2,21,22,26)/t13-,16-,18-/m0/s1. The van der Waals surface area contributed by atoms with Crippen LogP contribution in [0.5, 0.6) is 5.75 Å². The van der Waals surface area contributed by atoms with Crippen LogP contribution < -0.4 is 15.4 Å². The first-order valence-corrected chi connectivity index (χ1v) is 11.0. The first-order chi connectivity index (χ1) is 14.3. The molecule has 3 rings (SSSR count). The number of thioether (sulfide) groups is 1. The fourth-order valence-corrected chi connectivity index (χ4v) is 5.21. The molecule has 30 heavy (non-hydrogen) atoms. The fraction of sp³-hybridized carbons (Fsp3) is 0.550. The summed E-state index contributed by atoms with van der Waals surface area (Å²) in [5.41, 5.74) is -0.176. The monoisotopic (exact) mass is 435 g/mol. The number of urea groups is 1. The number of hydrogen-bond acceptors (Lipinski definition) is 7. The van der Waals surface area contributed by atoms with Gasteiger partial charge in [-0.15, -0.1) is 0 Å². The number of carbonyl (C=O) groups excluding carboxylic acids is 3. The number of nitro groups is 1. The van der Waals surface area contributed by atoms with Crippen LogP contribution >= 0.6 is 11.8 Å². The van der Waals surface area contributed by atoms with E-state index in [1.807, 2.05) is 11.8 Å². The van der Waals surface area contributed by atoms with Crippen LogP contribution in [-0.2, 0) is 4.79 Å². The van der Waals surface area contributed by atoms with Crippen LogP contribution in [0.4, 0.5) is 10.5 Å². The number of carbonyl (C=O) groups is 3. The van der Waals surface area contributed by atoms with E-state index in [4.69, 9.17) is 4.74 Å². The Morgan fingerprint density at radius 2 is 2.07 bits per heavy atom. The van der Waals surface area contributed by atoms with Gasteiger partial charge in [-0.05, 0) is 25.0 Å². The van der Waals surface area contributed by atoms with E-state index in [1.54, 1.807) is 13.8 Å². The molecule has 0 spiro atoms. The fourth-order valence-electron chi connectivity index (χ4n) is 3.66. The van der Waals surface area contributed by atoms with Gasteiger partial charge in [-0.25, -0.2) is 4.79 Å². The molecule has 2 heterocycles. The molecular formula is C20H25N3O6S. The molecule has 162 valence electrons. The molecule has 1 aromatic carbocycles. The van der Waals surface area contributed by atoms with Crippen molar-refractivity contribution in [3.8, 4) is 5.75 Å². The maximum absolute atomic E-state index is 12.2. The minimum atomic E-state index is -0.655. The van der Waals surface area contributed by atoms with Crippen molar-refractivity contribution in [2.75, 3.05) is 5.75 Å². The molecule has 3 atom stereocenters. The lowest BCUT2D eigenvalue weighted by molar-refractivity contribution is -0.385. The van der Waals surface area contributed by atoms with Crippen molar-refractivity contribution in [3.63, 3.8) is 0 Å². The van der Waals surface area contributed by atoms with Crippen molar-refractivity contribution in [1.29, 1.82) is 0 Å². The molecule has 0 radical (unpaired) electrons. The topological polar surface area (TPSA) is 128 Å². The second-order valence-electron chi connectivity index (χ2n) is 7.80. The van der Waals surface area contributed by atoms with Gasteiger partial charge in [0.2, 0.25) is 5.75 Å². The van der Waals surface area contributed by atoms with Crippen LogP contribution in [0.25, 0.3) is 0 Å². The van der Waals surface area contributed by atoms with Gasteiger partial charge in [0.25, 0.3) is 0 Å². The number of benzene rings is 1. The van der Waals surface area contributed by atoms with E-state index in [0.29, 0.717) is 11.7 Å². The highest BCUT2D eigenvalue weighted by Gasteiger charge is 2.42. The zero-order chi connectivity index (χ0) is 21.8. The number of fused-ring (bicyclic) bond motifs is 1.